The number of hydrogen-bond acceptors (Lipinski definition) is 3. The van der Waals surface area contributed by atoms with Crippen molar-refractivity contribution in [1.82, 2.24) is 10.7 Å². The fraction of sp³-hybridized carbons (Fsp3) is 0. The van der Waals surface area contributed by atoms with Gasteiger partial charge in [0.1, 0.15) is 5.70 Å². The molecule has 0 heterocycles. The Hall–Kier alpha value is -4.25. The van der Waals surface area contributed by atoms with Crippen molar-refractivity contribution in [2.24, 2.45) is 5.10 Å². The van der Waals surface area contributed by atoms with E-state index in [-0.39, 0.29) is 11.6 Å². The molecular formula is C25H21N3O2. The minimum Gasteiger partial charge on any atom is -0.317 e. The van der Waals surface area contributed by atoms with Gasteiger partial charge in [-0.1, -0.05) is 84.9 Å². The fourth-order valence-corrected chi connectivity index (χ4v) is 2.58. The van der Waals surface area contributed by atoms with Crippen LogP contribution in [0.1, 0.15) is 21.5 Å². The van der Waals surface area contributed by atoms with Crippen molar-refractivity contribution in [1.29, 1.82) is 0 Å². The lowest BCUT2D eigenvalue weighted by atomic mass is 10.1. The molecule has 5 heteroatoms. The molecule has 3 aromatic rings. The maximum absolute atomic E-state index is 12.6. The third-order valence-corrected chi connectivity index (χ3v) is 4.05. The molecular weight excluding hydrogens is 374 g/mol. The summed E-state index contributed by atoms with van der Waals surface area (Å²) in [7, 11) is 0. The summed E-state index contributed by atoms with van der Waals surface area (Å²) in [4.78, 5) is 25.1. The normalized spacial score (nSPS) is 11.5. The second-order valence-electron chi connectivity index (χ2n) is 6.28. The number of carbonyl (C=O) groups excluding carboxylic acids is 2. The summed E-state index contributed by atoms with van der Waals surface area (Å²) in [6, 6.07) is 27.7. The quantitative estimate of drug-likeness (QED) is 0.356. The van der Waals surface area contributed by atoms with Crippen LogP contribution < -0.4 is 10.7 Å². The van der Waals surface area contributed by atoms with Crippen LogP contribution in [-0.2, 0) is 4.79 Å². The van der Waals surface area contributed by atoms with Crippen LogP contribution in [0.2, 0.25) is 0 Å². The molecule has 2 N–H and O–H groups in total. The van der Waals surface area contributed by atoms with Gasteiger partial charge in [-0.25, -0.2) is 5.43 Å². The van der Waals surface area contributed by atoms with Gasteiger partial charge in [0.05, 0.1) is 0 Å². The zero-order valence-corrected chi connectivity index (χ0v) is 16.2. The molecule has 0 spiro atoms. The Labute approximate surface area is 175 Å². The molecule has 0 aromatic heterocycles. The van der Waals surface area contributed by atoms with Crippen molar-refractivity contribution < 1.29 is 9.59 Å². The van der Waals surface area contributed by atoms with Crippen molar-refractivity contribution in [3.8, 4) is 0 Å². The van der Waals surface area contributed by atoms with E-state index in [0.29, 0.717) is 5.56 Å². The molecule has 2 amide bonds. The maximum atomic E-state index is 12.6. The van der Waals surface area contributed by atoms with Crippen molar-refractivity contribution >= 4 is 30.2 Å². The van der Waals surface area contributed by atoms with E-state index in [9.17, 15) is 9.59 Å². The van der Waals surface area contributed by atoms with E-state index in [1.54, 1.807) is 36.4 Å². The van der Waals surface area contributed by atoms with Crippen LogP contribution in [0.25, 0.3) is 12.2 Å². The van der Waals surface area contributed by atoms with Crippen molar-refractivity contribution in [2.45, 2.75) is 0 Å². The van der Waals surface area contributed by atoms with Crippen LogP contribution in [-0.4, -0.2) is 18.0 Å². The van der Waals surface area contributed by atoms with E-state index in [1.165, 1.54) is 6.21 Å². The fourth-order valence-electron chi connectivity index (χ4n) is 2.58. The van der Waals surface area contributed by atoms with Gasteiger partial charge in [0, 0.05) is 11.8 Å². The Morgan fingerprint density at radius 3 is 1.93 bits per heavy atom. The lowest BCUT2D eigenvalue weighted by Gasteiger charge is -2.09. The first-order valence-corrected chi connectivity index (χ1v) is 9.40. The summed E-state index contributed by atoms with van der Waals surface area (Å²) in [6.07, 6.45) is 6.67. The number of hydrazone groups is 1. The summed E-state index contributed by atoms with van der Waals surface area (Å²) >= 11 is 0. The van der Waals surface area contributed by atoms with E-state index in [1.807, 2.05) is 72.8 Å². The highest BCUT2D eigenvalue weighted by molar-refractivity contribution is 6.05. The molecule has 0 bridgehead atoms. The topological polar surface area (TPSA) is 70.6 Å². The van der Waals surface area contributed by atoms with Crippen LogP contribution in [0.15, 0.2) is 108 Å². The number of rotatable bonds is 7. The van der Waals surface area contributed by atoms with E-state index in [0.717, 1.165) is 11.1 Å². The van der Waals surface area contributed by atoms with Gasteiger partial charge in [0.2, 0.25) is 0 Å². The summed E-state index contributed by atoms with van der Waals surface area (Å²) in [6.45, 7) is 0. The number of carbonyl (C=O) groups is 2. The molecule has 0 aliphatic carbocycles. The van der Waals surface area contributed by atoms with Gasteiger partial charge in [-0.2, -0.15) is 5.10 Å². The average Bonchev–Trinajstić information content (AvgIpc) is 2.80. The average molecular weight is 395 g/mol. The van der Waals surface area contributed by atoms with Gasteiger partial charge in [-0.3, -0.25) is 9.59 Å². The Morgan fingerprint density at radius 1 is 0.733 bits per heavy atom. The molecule has 0 aliphatic heterocycles. The van der Waals surface area contributed by atoms with E-state index in [4.69, 9.17) is 0 Å². The molecule has 0 aliphatic rings. The second-order valence-corrected chi connectivity index (χ2v) is 6.28. The maximum Gasteiger partial charge on any atom is 0.287 e. The van der Waals surface area contributed by atoms with Crippen LogP contribution in [0, 0.1) is 0 Å². The number of amides is 2. The van der Waals surface area contributed by atoms with Gasteiger partial charge in [-0.05, 0) is 35.4 Å². The number of nitrogens with one attached hydrogen (secondary N) is 2. The lowest BCUT2D eigenvalue weighted by molar-refractivity contribution is -0.117. The molecule has 3 aromatic carbocycles. The minimum absolute atomic E-state index is 0.0965. The Morgan fingerprint density at radius 2 is 1.30 bits per heavy atom. The zero-order valence-electron chi connectivity index (χ0n) is 16.2. The monoisotopic (exact) mass is 395 g/mol. The Balaban J connectivity index is 1.70. The molecule has 0 fully saturated rings. The van der Waals surface area contributed by atoms with Crippen molar-refractivity contribution in [2.75, 3.05) is 0 Å². The highest BCUT2D eigenvalue weighted by atomic mass is 16.2. The molecule has 148 valence electrons. The van der Waals surface area contributed by atoms with E-state index >= 15 is 0 Å². The largest absolute Gasteiger partial charge is 0.317 e. The van der Waals surface area contributed by atoms with Crippen molar-refractivity contribution in [3.05, 3.63) is 119 Å². The van der Waals surface area contributed by atoms with Crippen LogP contribution >= 0.6 is 0 Å². The van der Waals surface area contributed by atoms with Crippen LogP contribution in [0.5, 0.6) is 0 Å². The first-order valence-electron chi connectivity index (χ1n) is 9.40. The summed E-state index contributed by atoms with van der Waals surface area (Å²) < 4.78 is 0. The first kappa shape index (κ1) is 20.5. The molecule has 0 radical (unpaired) electrons. The smallest absolute Gasteiger partial charge is 0.287 e. The third-order valence-electron chi connectivity index (χ3n) is 4.05. The first-order chi connectivity index (χ1) is 14.7. The SMILES string of the molecule is O=C(NN=C/C=C\c1ccccc1)/C(=C\c1ccccc1)NC(=O)c1ccccc1. The van der Waals surface area contributed by atoms with Crippen molar-refractivity contribution in [3.63, 3.8) is 0 Å². The predicted octanol–water partition coefficient (Wildman–Crippen LogP) is 4.27. The number of benzene rings is 3. The summed E-state index contributed by atoms with van der Waals surface area (Å²) in [5.41, 5.74) is 4.80. The molecule has 0 saturated heterocycles. The summed E-state index contributed by atoms with van der Waals surface area (Å²) in [5, 5.41) is 6.59. The second kappa shape index (κ2) is 10.9. The standard InChI is InChI=1S/C25H21N3O2/c29-24(22-16-8-3-9-17-22)27-23(19-21-13-6-2-7-14-21)25(30)28-26-18-10-15-20-11-4-1-5-12-20/h1-19H,(H,27,29)(H,28,30)/b15-10-,23-19+,26-18?. The highest BCUT2D eigenvalue weighted by Gasteiger charge is 2.14. The number of hydrogen-bond donors (Lipinski definition) is 2. The molecule has 0 unspecified atom stereocenters. The van der Waals surface area contributed by atoms with Gasteiger partial charge >= 0.3 is 0 Å². The molecule has 0 saturated carbocycles. The van der Waals surface area contributed by atoms with E-state index < -0.39 is 5.91 Å². The molecule has 30 heavy (non-hydrogen) atoms. The third kappa shape index (κ3) is 6.42. The zero-order chi connectivity index (χ0) is 21.0. The molecule has 0 atom stereocenters. The van der Waals surface area contributed by atoms with Gasteiger partial charge < -0.3 is 5.32 Å². The summed E-state index contributed by atoms with van der Waals surface area (Å²) in [5.74, 6) is -0.895. The highest BCUT2D eigenvalue weighted by Crippen LogP contribution is 2.07. The van der Waals surface area contributed by atoms with Crippen LogP contribution in [0.4, 0.5) is 0 Å². The Bertz CT molecular complexity index is 1060. The van der Waals surface area contributed by atoms with Crippen LogP contribution in [0.3, 0.4) is 0 Å². The number of nitrogens with zero attached hydrogens (tertiary/aromatic N) is 1. The molecule has 3 rings (SSSR count). The molecule has 5 nitrogen and oxygen atoms in total. The van der Waals surface area contributed by atoms with Gasteiger partial charge in [-0.15, -0.1) is 0 Å². The van der Waals surface area contributed by atoms with E-state index in [2.05, 4.69) is 15.8 Å². The van der Waals surface area contributed by atoms with Gasteiger partial charge in [0.25, 0.3) is 11.8 Å². The Kier molecular flexibility index (Phi) is 7.46. The lowest BCUT2D eigenvalue weighted by Crippen LogP contribution is -2.32. The minimum atomic E-state index is -0.521. The van der Waals surface area contributed by atoms with Gasteiger partial charge in [0.15, 0.2) is 0 Å². The predicted molar refractivity (Wildman–Crippen MR) is 120 cm³/mol. The number of allylic oxidation sites excluding steroid dienone is 1.